The molecule has 1 atom stereocenters. The zero-order chi connectivity index (χ0) is 19.6. The van der Waals surface area contributed by atoms with Crippen molar-refractivity contribution in [2.75, 3.05) is 20.3 Å². The van der Waals surface area contributed by atoms with Gasteiger partial charge < -0.3 is 19.2 Å². The largest absolute Gasteiger partial charge is 0.497 e. The zero-order valence-electron chi connectivity index (χ0n) is 16.0. The monoisotopic (exact) mass is 371 g/mol. The summed E-state index contributed by atoms with van der Waals surface area (Å²) < 4.78 is 15.9. The number of hydrogen-bond donors (Lipinski definition) is 1. The van der Waals surface area contributed by atoms with Gasteiger partial charge in [0.1, 0.15) is 5.75 Å². The van der Waals surface area contributed by atoms with Gasteiger partial charge in [-0.25, -0.2) is 0 Å². The van der Waals surface area contributed by atoms with Crippen LogP contribution in [0.1, 0.15) is 37.4 Å². The summed E-state index contributed by atoms with van der Waals surface area (Å²) in [5.41, 5.74) is 1.42. The van der Waals surface area contributed by atoms with Gasteiger partial charge in [0.25, 0.3) is 0 Å². The minimum atomic E-state index is -1.38. The minimum absolute atomic E-state index is 0.194. The molecule has 27 heavy (non-hydrogen) atoms. The second-order valence-corrected chi connectivity index (χ2v) is 6.67. The molecule has 1 unspecified atom stereocenters. The Labute approximate surface area is 158 Å². The van der Waals surface area contributed by atoms with Crippen molar-refractivity contribution >= 4 is 22.8 Å². The molecule has 1 aliphatic rings. The van der Waals surface area contributed by atoms with E-state index in [9.17, 15) is 9.59 Å². The fourth-order valence-electron chi connectivity index (χ4n) is 3.87. The Morgan fingerprint density at radius 1 is 1.26 bits per heavy atom. The Hall–Kier alpha value is -2.76. The molecule has 3 rings (SSSR count). The van der Waals surface area contributed by atoms with Gasteiger partial charge in [-0.15, -0.1) is 6.58 Å². The van der Waals surface area contributed by atoms with E-state index in [1.807, 2.05) is 18.2 Å². The van der Waals surface area contributed by atoms with E-state index in [0.717, 1.165) is 22.2 Å². The lowest BCUT2D eigenvalue weighted by molar-refractivity contribution is -0.173. The zero-order valence-corrected chi connectivity index (χ0v) is 16.0. The Morgan fingerprint density at radius 2 is 1.93 bits per heavy atom. The number of hydrogen-bond acceptors (Lipinski definition) is 5. The fourth-order valence-corrected chi connectivity index (χ4v) is 3.87. The van der Waals surface area contributed by atoms with Crippen molar-refractivity contribution in [2.24, 2.45) is 5.41 Å². The molecule has 0 spiro atoms. The van der Waals surface area contributed by atoms with Crippen LogP contribution in [0.15, 0.2) is 30.9 Å². The molecule has 1 N–H and O–H groups in total. The van der Waals surface area contributed by atoms with E-state index >= 15 is 0 Å². The standard InChI is InChI=1S/C21H25NO5/c1-5-13-11-21(19(23)26-6-2,20(24)27-7-3)12-16-15-10-14(25-4)8-9-17(15)22-18(13)16/h5,8-10,13,22H,1,6-7,11-12H2,2-4H3. The third kappa shape index (κ3) is 3.09. The molecule has 1 aromatic heterocycles. The van der Waals surface area contributed by atoms with Crippen LogP contribution in [-0.2, 0) is 25.5 Å². The molecule has 0 saturated heterocycles. The molecule has 6 nitrogen and oxygen atoms in total. The average Bonchev–Trinajstić information content (AvgIpc) is 3.04. The third-order valence-electron chi connectivity index (χ3n) is 5.18. The molecule has 144 valence electrons. The number of esters is 2. The number of carbonyl (C=O) groups is 2. The number of aromatic amines is 1. The molecule has 0 amide bonds. The van der Waals surface area contributed by atoms with E-state index in [4.69, 9.17) is 14.2 Å². The first-order valence-corrected chi connectivity index (χ1v) is 9.16. The van der Waals surface area contributed by atoms with Gasteiger partial charge in [0.15, 0.2) is 5.41 Å². The first-order valence-electron chi connectivity index (χ1n) is 9.16. The van der Waals surface area contributed by atoms with Gasteiger partial charge in [-0.05, 0) is 44.0 Å². The van der Waals surface area contributed by atoms with E-state index in [1.54, 1.807) is 27.0 Å². The predicted molar refractivity (Wildman–Crippen MR) is 102 cm³/mol. The summed E-state index contributed by atoms with van der Waals surface area (Å²) in [5.74, 6) is -0.569. The number of benzene rings is 1. The number of ether oxygens (including phenoxy) is 3. The number of rotatable bonds is 6. The Balaban J connectivity index is 2.19. The second-order valence-electron chi connectivity index (χ2n) is 6.67. The fraction of sp³-hybridized carbons (Fsp3) is 0.429. The van der Waals surface area contributed by atoms with Crippen LogP contribution in [0, 0.1) is 5.41 Å². The molecule has 6 heteroatoms. The van der Waals surface area contributed by atoms with Gasteiger partial charge >= 0.3 is 11.9 Å². The van der Waals surface area contributed by atoms with E-state index in [0.29, 0.717) is 5.75 Å². The maximum absolute atomic E-state index is 12.9. The molecular formula is C21H25NO5. The van der Waals surface area contributed by atoms with E-state index in [2.05, 4.69) is 11.6 Å². The SMILES string of the molecule is C=CC1CC(C(=O)OCC)(C(=O)OCC)Cc2c1[nH]c1ccc(OC)cc21. The molecule has 1 aromatic carbocycles. The number of H-pyrrole nitrogens is 1. The third-order valence-corrected chi connectivity index (χ3v) is 5.18. The van der Waals surface area contributed by atoms with Gasteiger partial charge in [-0.3, -0.25) is 9.59 Å². The molecule has 1 heterocycles. The molecule has 2 aromatic rings. The first-order chi connectivity index (χ1) is 13.0. The van der Waals surface area contributed by atoms with Crippen molar-refractivity contribution in [2.45, 2.75) is 32.6 Å². The number of allylic oxidation sites excluding steroid dienone is 1. The summed E-state index contributed by atoms with van der Waals surface area (Å²) in [7, 11) is 1.61. The van der Waals surface area contributed by atoms with E-state index < -0.39 is 17.4 Å². The smallest absolute Gasteiger partial charge is 0.323 e. The van der Waals surface area contributed by atoms with Crippen molar-refractivity contribution in [3.8, 4) is 5.75 Å². The van der Waals surface area contributed by atoms with Crippen molar-refractivity contribution in [1.29, 1.82) is 0 Å². The first kappa shape index (κ1) is 19.0. The highest BCUT2D eigenvalue weighted by Gasteiger charge is 2.53. The number of aromatic nitrogens is 1. The quantitative estimate of drug-likeness (QED) is 0.478. The lowest BCUT2D eigenvalue weighted by Gasteiger charge is -2.35. The molecular weight excluding hydrogens is 346 g/mol. The summed E-state index contributed by atoms with van der Waals surface area (Å²) in [6.45, 7) is 7.78. The highest BCUT2D eigenvalue weighted by Crippen LogP contribution is 2.47. The van der Waals surface area contributed by atoms with Crippen LogP contribution in [0.4, 0.5) is 0 Å². The summed E-state index contributed by atoms with van der Waals surface area (Å²) in [4.78, 5) is 29.2. The number of nitrogens with one attached hydrogen (secondary N) is 1. The van der Waals surface area contributed by atoms with Crippen LogP contribution >= 0.6 is 0 Å². The Kier molecular flexibility index (Phi) is 5.26. The van der Waals surface area contributed by atoms with Gasteiger partial charge in [0, 0.05) is 28.9 Å². The Bertz CT molecular complexity index is 864. The molecule has 0 aliphatic heterocycles. The lowest BCUT2D eigenvalue weighted by atomic mass is 9.68. The molecule has 0 bridgehead atoms. The maximum atomic E-state index is 12.9. The molecule has 0 radical (unpaired) electrons. The summed E-state index contributed by atoms with van der Waals surface area (Å²) in [6, 6.07) is 5.72. The van der Waals surface area contributed by atoms with Gasteiger partial charge in [-0.2, -0.15) is 0 Å². The normalized spacial score (nSPS) is 17.8. The van der Waals surface area contributed by atoms with Crippen molar-refractivity contribution in [3.05, 3.63) is 42.1 Å². The highest BCUT2D eigenvalue weighted by molar-refractivity contribution is 6.02. The number of carbonyl (C=O) groups excluding carboxylic acids is 2. The molecule has 1 aliphatic carbocycles. The maximum Gasteiger partial charge on any atom is 0.323 e. The van der Waals surface area contributed by atoms with Gasteiger partial charge in [-0.1, -0.05) is 6.08 Å². The van der Waals surface area contributed by atoms with E-state index in [-0.39, 0.29) is 32.0 Å². The highest BCUT2D eigenvalue weighted by atomic mass is 16.6. The van der Waals surface area contributed by atoms with Crippen LogP contribution in [-0.4, -0.2) is 37.2 Å². The molecule has 0 fully saturated rings. The molecule has 0 saturated carbocycles. The second kappa shape index (κ2) is 7.47. The minimum Gasteiger partial charge on any atom is -0.497 e. The lowest BCUT2D eigenvalue weighted by Crippen LogP contribution is -2.47. The van der Waals surface area contributed by atoms with Gasteiger partial charge in [0.2, 0.25) is 0 Å². The van der Waals surface area contributed by atoms with Crippen molar-refractivity contribution in [3.63, 3.8) is 0 Å². The number of methoxy groups -OCH3 is 1. The van der Waals surface area contributed by atoms with Crippen LogP contribution < -0.4 is 4.74 Å². The van der Waals surface area contributed by atoms with Crippen LogP contribution in [0.2, 0.25) is 0 Å². The topological polar surface area (TPSA) is 77.6 Å². The van der Waals surface area contributed by atoms with Crippen LogP contribution in [0.5, 0.6) is 5.75 Å². The van der Waals surface area contributed by atoms with Crippen molar-refractivity contribution < 1.29 is 23.8 Å². The summed E-state index contributed by atoms with van der Waals surface area (Å²) in [5, 5.41) is 0.925. The average molecular weight is 371 g/mol. The summed E-state index contributed by atoms with van der Waals surface area (Å²) in [6.07, 6.45) is 2.25. The van der Waals surface area contributed by atoms with E-state index in [1.165, 1.54) is 0 Å². The van der Waals surface area contributed by atoms with Crippen LogP contribution in [0.3, 0.4) is 0 Å². The number of fused-ring (bicyclic) bond motifs is 3. The predicted octanol–water partition coefficient (Wildman–Crippen LogP) is 3.50. The van der Waals surface area contributed by atoms with Gasteiger partial charge in [0.05, 0.1) is 20.3 Å². The Morgan fingerprint density at radius 3 is 2.48 bits per heavy atom. The summed E-state index contributed by atoms with van der Waals surface area (Å²) >= 11 is 0. The van der Waals surface area contributed by atoms with Crippen molar-refractivity contribution in [1.82, 2.24) is 4.98 Å². The van der Waals surface area contributed by atoms with Crippen LogP contribution in [0.25, 0.3) is 10.9 Å².